The molecule has 0 saturated heterocycles. The fraction of sp³-hybridized carbons (Fsp3) is 0.533. The summed E-state index contributed by atoms with van der Waals surface area (Å²) in [5, 5.41) is 9.15. The molecule has 0 aliphatic heterocycles. The monoisotopic (exact) mass is 274 g/mol. The second-order valence-corrected chi connectivity index (χ2v) is 5.49. The molecule has 0 saturated carbocycles. The summed E-state index contributed by atoms with van der Waals surface area (Å²) in [4.78, 5) is 11.1. The molecule has 96 valence electrons. The molecule has 1 rings (SSSR count). The Morgan fingerprint density at radius 3 is 2.11 bits per heavy atom. The van der Waals surface area contributed by atoms with E-state index in [2.05, 4.69) is 33.8 Å². The largest absolute Gasteiger partial charge is 0.478 e. The van der Waals surface area contributed by atoms with Crippen LogP contribution in [0.15, 0.2) is 18.2 Å². The minimum absolute atomic E-state index is 0. The van der Waals surface area contributed by atoms with Crippen molar-refractivity contribution >= 4 is 43.7 Å². The molecule has 1 N–H and O–H groups in total. The van der Waals surface area contributed by atoms with Gasteiger partial charge in [0.15, 0.2) is 0 Å². The average molecular weight is 274 g/mol. The third kappa shape index (κ3) is 5.73. The van der Waals surface area contributed by atoms with Gasteiger partial charge in [0.05, 0.1) is 5.56 Å². The second-order valence-electron chi connectivity index (χ2n) is 5.49. The first-order chi connectivity index (χ1) is 7.90. The molecular formula is C15H22CaO2. The first kappa shape index (κ1) is 17.9. The Hall–Kier alpha value is -0.0503. The Kier molecular flexibility index (Phi) is 8.16. The Balaban J connectivity index is 0.00000289. The number of rotatable bonds is 5. The van der Waals surface area contributed by atoms with Gasteiger partial charge in [0, 0.05) is 37.7 Å². The van der Waals surface area contributed by atoms with Crippen LogP contribution >= 0.6 is 0 Å². The van der Waals surface area contributed by atoms with Crippen molar-refractivity contribution in [2.75, 3.05) is 0 Å². The van der Waals surface area contributed by atoms with Crippen molar-refractivity contribution < 1.29 is 9.90 Å². The number of hydrogen-bond donors (Lipinski definition) is 1. The van der Waals surface area contributed by atoms with Crippen LogP contribution in [-0.4, -0.2) is 48.8 Å². The van der Waals surface area contributed by atoms with Gasteiger partial charge >= 0.3 is 5.97 Å². The van der Waals surface area contributed by atoms with E-state index in [-0.39, 0.29) is 37.7 Å². The molecule has 2 radical (unpaired) electrons. The van der Waals surface area contributed by atoms with Gasteiger partial charge in [0.25, 0.3) is 0 Å². The molecular weight excluding hydrogens is 252 g/mol. The number of hydrogen-bond acceptors (Lipinski definition) is 1. The number of aromatic carboxylic acids is 1. The van der Waals surface area contributed by atoms with E-state index in [9.17, 15) is 4.79 Å². The van der Waals surface area contributed by atoms with Gasteiger partial charge < -0.3 is 5.11 Å². The predicted molar refractivity (Wildman–Crippen MR) is 76.2 cm³/mol. The van der Waals surface area contributed by atoms with Gasteiger partial charge in [-0.1, -0.05) is 39.8 Å². The molecule has 0 unspecified atom stereocenters. The average Bonchev–Trinajstić information content (AvgIpc) is 2.15. The van der Waals surface area contributed by atoms with E-state index in [4.69, 9.17) is 5.11 Å². The van der Waals surface area contributed by atoms with Gasteiger partial charge in [-0.3, -0.25) is 0 Å². The van der Waals surface area contributed by atoms with Crippen molar-refractivity contribution in [3.63, 3.8) is 0 Å². The van der Waals surface area contributed by atoms with Crippen molar-refractivity contribution in [1.82, 2.24) is 0 Å². The molecule has 2 nitrogen and oxygen atoms in total. The Morgan fingerprint density at radius 1 is 1.11 bits per heavy atom. The molecule has 18 heavy (non-hydrogen) atoms. The number of benzene rings is 1. The smallest absolute Gasteiger partial charge is 0.335 e. The van der Waals surface area contributed by atoms with Gasteiger partial charge in [-0.15, -0.1) is 0 Å². The molecule has 0 aliphatic carbocycles. The van der Waals surface area contributed by atoms with Crippen LogP contribution in [0.1, 0.15) is 49.2 Å². The van der Waals surface area contributed by atoms with Crippen LogP contribution in [0.3, 0.4) is 0 Å². The summed E-state index contributed by atoms with van der Waals surface area (Å²) < 4.78 is 0. The molecule has 3 heteroatoms. The number of carbonyl (C=O) groups is 1. The van der Waals surface area contributed by atoms with Crippen molar-refractivity contribution in [2.45, 2.75) is 40.5 Å². The molecule has 0 heterocycles. The van der Waals surface area contributed by atoms with Crippen LogP contribution < -0.4 is 0 Å². The second kappa shape index (κ2) is 8.19. The summed E-state index contributed by atoms with van der Waals surface area (Å²) in [6.07, 6.45) is 1.83. The first-order valence-corrected chi connectivity index (χ1v) is 6.25. The minimum atomic E-state index is -0.822. The fourth-order valence-electron chi connectivity index (χ4n) is 2.06. The predicted octanol–water partition coefficient (Wildman–Crippen LogP) is 3.40. The van der Waals surface area contributed by atoms with E-state index < -0.39 is 5.97 Å². The normalized spacial score (nSPS) is 10.6. The Labute approximate surface area is 140 Å². The third-order valence-electron chi connectivity index (χ3n) is 2.67. The van der Waals surface area contributed by atoms with Gasteiger partial charge in [0.2, 0.25) is 0 Å². The quantitative estimate of drug-likeness (QED) is 0.836. The maximum Gasteiger partial charge on any atom is 0.335 e. The summed E-state index contributed by atoms with van der Waals surface area (Å²) in [7, 11) is 0. The minimum Gasteiger partial charge on any atom is -0.478 e. The van der Waals surface area contributed by atoms with Gasteiger partial charge in [-0.25, -0.2) is 4.79 Å². The first-order valence-electron chi connectivity index (χ1n) is 6.25. The summed E-state index contributed by atoms with van der Waals surface area (Å²) >= 11 is 0. The molecule has 0 aromatic heterocycles. The Morgan fingerprint density at radius 2 is 1.67 bits per heavy atom. The van der Waals surface area contributed by atoms with Crippen LogP contribution in [0.4, 0.5) is 0 Å². The van der Waals surface area contributed by atoms with E-state index in [0.717, 1.165) is 18.4 Å². The van der Waals surface area contributed by atoms with E-state index in [1.54, 1.807) is 6.07 Å². The number of carboxylic acids is 1. The summed E-state index contributed by atoms with van der Waals surface area (Å²) in [6, 6.07) is 5.74. The SMILES string of the molecule is CC(C)Cc1ccc(C(=O)O)c(CC(C)C)c1.[Ca]. The van der Waals surface area contributed by atoms with Crippen molar-refractivity contribution in [1.29, 1.82) is 0 Å². The van der Waals surface area contributed by atoms with Gasteiger partial charge in [-0.2, -0.15) is 0 Å². The zero-order valence-electron chi connectivity index (χ0n) is 11.9. The molecule has 1 aromatic carbocycles. The van der Waals surface area contributed by atoms with Crippen LogP contribution in [0.5, 0.6) is 0 Å². The molecule has 1 aromatic rings. The topological polar surface area (TPSA) is 37.3 Å². The zero-order valence-corrected chi connectivity index (χ0v) is 14.1. The number of carboxylic acid groups (broad SMARTS) is 1. The van der Waals surface area contributed by atoms with E-state index in [1.807, 2.05) is 6.07 Å². The summed E-state index contributed by atoms with van der Waals surface area (Å²) in [5.41, 5.74) is 2.65. The van der Waals surface area contributed by atoms with Crippen LogP contribution in [0, 0.1) is 11.8 Å². The maximum atomic E-state index is 11.1. The summed E-state index contributed by atoms with van der Waals surface area (Å²) in [5.74, 6) is 0.247. The standard InChI is InChI=1S/C15H22O2.Ca/c1-10(2)7-12-5-6-14(15(16)17)13(9-12)8-11(3)4;/h5-6,9-11H,7-8H2,1-4H3,(H,16,17);. The van der Waals surface area contributed by atoms with Gasteiger partial charge in [-0.05, 0) is 41.9 Å². The molecule has 0 spiro atoms. The molecule has 0 atom stereocenters. The summed E-state index contributed by atoms with van der Waals surface area (Å²) in [6.45, 7) is 8.57. The zero-order chi connectivity index (χ0) is 13.0. The molecule has 0 fully saturated rings. The van der Waals surface area contributed by atoms with E-state index >= 15 is 0 Å². The van der Waals surface area contributed by atoms with Crippen LogP contribution in [-0.2, 0) is 12.8 Å². The van der Waals surface area contributed by atoms with Gasteiger partial charge in [0.1, 0.15) is 0 Å². The van der Waals surface area contributed by atoms with Crippen LogP contribution in [0.25, 0.3) is 0 Å². The molecule has 0 aliphatic rings. The van der Waals surface area contributed by atoms with E-state index in [0.29, 0.717) is 17.4 Å². The van der Waals surface area contributed by atoms with Crippen LogP contribution in [0.2, 0.25) is 0 Å². The Bertz CT molecular complexity index is 397. The third-order valence-corrected chi connectivity index (χ3v) is 2.67. The fourth-order valence-corrected chi connectivity index (χ4v) is 2.06. The van der Waals surface area contributed by atoms with Crippen molar-refractivity contribution in [2.24, 2.45) is 11.8 Å². The van der Waals surface area contributed by atoms with Crippen molar-refractivity contribution in [3.05, 3.63) is 34.9 Å². The van der Waals surface area contributed by atoms with Crippen molar-refractivity contribution in [3.8, 4) is 0 Å². The molecule has 0 bridgehead atoms. The van der Waals surface area contributed by atoms with E-state index in [1.165, 1.54) is 5.56 Å². The maximum absolute atomic E-state index is 11.1. The molecule has 0 amide bonds.